The molecule has 0 spiro atoms. The maximum Gasteiger partial charge on any atom is 0.136 e. The van der Waals surface area contributed by atoms with Crippen LogP contribution in [0.25, 0.3) is 0 Å². The van der Waals surface area contributed by atoms with Crippen LogP contribution in [0.15, 0.2) is 16.6 Å². The SMILES string of the molecule is COc1c(Br)cc(F)cc1C(C)CCN. The molecule has 0 heterocycles. The average Bonchev–Trinajstić information content (AvgIpc) is 2.17. The van der Waals surface area contributed by atoms with Crippen molar-refractivity contribution in [1.29, 1.82) is 0 Å². The van der Waals surface area contributed by atoms with E-state index < -0.39 is 0 Å². The van der Waals surface area contributed by atoms with Gasteiger partial charge in [-0.15, -0.1) is 0 Å². The highest BCUT2D eigenvalue weighted by Crippen LogP contribution is 2.35. The molecule has 1 rings (SSSR count). The van der Waals surface area contributed by atoms with Gasteiger partial charge < -0.3 is 10.5 Å². The van der Waals surface area contributed by atoms with E-state index in [2.05, 4.69) is 15.9 Å². The topological polar surface area (TPSA) is 35.2 Å². The lowest BCUT2D eigenvalue weighted by Crippen LogP contribution is -2.06. The van der Waals surface area contributed by atoms with Crippen LogP contribution in [0.4, 0.5) is 4.39 Å². The van der Waals surface area contributed by atoms with E-state index in [4.69, 9.17) is 10.5 Å². The van der Waals surface area contributed by atoms with Gasteiger partial charge in [0.05, 0.1) is 11.6 Å². The van der Waals surface area contributed by atoms with E-state index in [9.17, 15) is 4.39 Å². The number of benzene rings is 1. The Bertz CT molecular complexity index is 344. The van der Waals surface area contributed by atoms with Gasteiger partial charge in [-0.2, -0.15) is 0 Å². The summed E-state index contributed by atoms with van der Waals surface area (Å²) in [6, 6.07) is 2.90. The van der Waals surface area contributed by atoms with Crippen molar-refractivity contribution < 1.29 is 9.13 Å². The van der Waals surface area contributed by atoms with Crippen molar-refractivity contribution in [3.63, 3.8) is 0 Å². The molecule has 0 radical (unpaired) electrons. The van der Waals surface area contributed by atoms with E-state index in [0.29, 0.717) is 16.8 Å². The highest BCUT2D eigenvalue weighted by Gasteiger charge is 2.15. The number of halogens is 2. The lowest BCUT2D eigenvalue weighted by atomic mass is 9.97. The minimum absolute atomic E-state index is 0.192. The van der Waals surface area contributed by atoms with Gasteiger partial charge in [-0.1, -0.05) is 6.92 Å². The van der Waals surface area contributed by atoms with Gasteiger partial charge in [-0.3, -0.25) is 0 Å². The molecule has 4 heteroatoms. The molecule has 1 atom stereocenters. The van der Waals surface area contributed by atoms with Gasteiger partial charge in [0.25, 0.3) is 0 Å². The predicted molar refractivity (Wildman–Crippen MR) is 62.7 cm³/mol. The van der Waals surface area contributed by atoms with E-state index in [1.165, 1.54) is 12.1 Å². The maximum atomic E-state index is 13.2. The van der Waals surface area contributed by atoms with Crippen molar-refractivity contribution in [2.45, 2.75) is 19.3 Å². The summed E-state index contributed by atoms with van der Waals surface area (Å²) in [5, 5.41) is 0. The lowest BCUT2D eigenvalue weighted by molar-refractivity contribution is 0.401. The molecule has 0 amide bonds. The van der Waals surface area contributed by atoms with E-state index in [1.54, 1.807) is 7.11 Å². The zero-order valence-electron chi connectivity index (χ0n) is 8.89. The van der Waals surface area contributed by atoms with Crippen LogP contribution >= 0.6 is 15.9 Å². The number of hydrogen-bond acceptors (Lipinski definition) is 2. The van der Waals surface area contributed by atoms with Crippen molar-refractivity contribution >= 4 is 15.9 Å². The summed E-state index contributed by atoms with van der Waals surface area (Å²) < 4.78 is 19.1. The lowest BCUT2D eigenvalue weighted by Gasteiger charge is -2.16. The largest absolute Gasteiger partial charge is 0.495 e. The Kier molecular flexibility index (Phi) is 4.54. The van der Waals surface area contributed by atoms with Gasteiger partial charge in [0.15, 0.2) is 0 Å². The summed E-state index contributed by atoms with van der Waals surface area (Å²) in [6.45, 7) is 2.59. The second-order valence-electron chi connectivity index (χ2n) is 3.49. The number of ether oxygens (including phenoxy) is 1. The fourth-order valence-corrected chi connectivity index (χ4v) is 2.18. The third-order valence-electron chi connectivity index (χ3n) is 2.37. The molecule has 0 bridgehead atoms. The predicted octanol–water partition coefficient (Wildman–Crippen LogP) is 3.05. The third-order valence-corrected chi connectivity index (χ3v) is 2.96. The number of methoxy groups -OCH3 is 1. The molecule has 1 unspecified atom stereocenters. The van der Waals surface area contributed by atoms with Gasteiger partial charge in [0, 0.05) is 5.56 Å². The summed E-state index contributed by atoms with van der Waals surface area (Å²) in [4.78, 5) is 0. The van der Waals surface area contributed by atoms with E-state index in [0.717, 1.165) is 12.0 Å². The summed E-state index contributed by atoms with van der Waals surface area (Å²) in [5.74, 6) is 0.621. The Morgan fingerprint density at radius 3 is 2.73 bits per heavy atom. The van der Waals surface area contributed by atoms with Gasteiger partial charge in [-0.05, 0) is 46.9 Å². The van der Waals surface area contributed by atoms with Crippen LogP contribution in [0.5, 0.6) is 5.75 Å². The molecule has 1 aromatic rings. The molecular weight excluding hydrogens is 261 g/mol. The zero-order chi connectivity index (χ0) is 11.4. The van der Waals surface area contributed by atoms with Crippen molar-refractivity contribution in [3.05, 3.63) is 28.0 Å². The molecule has 0 aliphatic heterocycles. The molecule has 0 aromatic heterocycles. The Hall–Kier alpha value is -0.610. The first-order valence-corrected chi connectivity index (χ1v) is 5.62. The molecule has 0 aliphatic carbocycles. The molecule has 0 fully saturated rings. The molecule has 0 saturated heterocycles. The average molecular weight is 276 g/mol. The second kappa shape index (κ2) is 5.47. The fraction of sp³-hybridized carbons (Fsp3) is 0.455. The Balaban J connectivity index is 3.13. The Morgan fingerprint density at radius 1 is 1.53 bits per heavy atom. The standard InChI is InChI=1S/C11H15BrFNO/c1-7(3-4-14)9-5-8(13)6-10(12)11(9)15-2/h5-7H,3-4,14H2,1-2H3. The van der Waals surface area contributed by atoms with Crippen LogP contribution in [-0.4, -0.2) is 13.7 Å². The number of rotatable bonds is 4. The Labute approximate surface area is 97.7 Å². The monoisotopic (exact) mass is 275 g/mol. The highest BCUT2D eigenvalue weighted by molar-refractivity contribution is 9.10. The molecule has 0 saturated carbocycles. The van der Waals surface area contributed by atoms with E-state index in [1.807, 2.05) is 6.92 Å². The maximum absolute atomic E-state index is 13.2. The minimum atomic E-state index is -0.262. The van der Waals surface area contributed by atoms with Crippen LogP contribution < -0.4 is 10.5 Å². The van der Waals surface area contributed by atoms with Crippen molar-refractivity contribution in [2.75, 3.05) is 13.7 Å². The second-order valence-corrected chi connectivity index (χ2v) is 4.34. The minimum Gasteiger partial charge on any atom is -0.495 e. The highest BCUT2D eigenvalue weighted by atomic mass is 79.9. The quantitative estimate of drug-likeness (QED) is 0.917. The van der Waals surface area contributed by atoms with Crippen LogP contribution in [-0.2, 0) is 0 Å². The van der Waals surface area contributed by atoms with Gasteiger partial charge in [0.2, 0.25) is 0 Å². The van der Waals surface area contributed by atoms with E-state index in [-0.39, 0.29) is 11.7 Å². The first-order chi connectivity index (χ1) is 7.10. The van der Waals surface area contributed by atoms with Crippen molar-refractivity contribution in [1.82, 2.24) is 0 Å². The van der Waals surface area contributed by atoms with Crippen LogP contribution in [0, 0.1) is 5.82 Å². The number of hydrogen-bond donors (Lipinski definition) is 1. The zero-order valence-corrected chi connectivity index (χ0v) is 10.5. The van der Waals surface area contributed by atoms with Gasteiger partial charge in [-0.25, -0.2) is 4.39 Å². The van der Waals surface area contributed by atoms with Crippen molar-refractivity contribution in [2.24, 2.45) is 5.73 Å². The number of nitrogens with two attached hydrogens (primary N) is 1. The summed E-state index contributed by atoms with van der Waals surface area (Å²) in [6.07, 6.45) is 0.812. The molecular formula is C11H15BrFNO. The Morgan fingerprint density at radius 2 is 2.20 bits per heavy atom. The fourth-order valence-electron chi connectivity index (χ4n) is 1.57. The molecule has 2 nitrogen and oxygen atoms in total. The van der Waals surface area contributed by atoms with Gasteiger partial charge >= 0.3 is 0 Å². The molecule has 15 heavy (non-hydrogen) atoms. The van der Waals surface area contributed by atoms with Gasteiger partial charge in [0.1, 0.15) is 11.6 Å². The first kappa shape index (κ1) is 12.5. The third kappa shape index (κ3) is 2.92. The van der Waals surface area contributed by atoms with Crippen LogP contribution in [0.2, 0.25) is 0 Å². The molecule has 1 aromatic carbocycles. The van der Waals surface area contributed by atoms with E-state index >= 15 is 0 Å². The molecule has 2 N–H and O–H groups in total. The molecule has 84 valence electrons. The summed E-state index contributed by atoms with van der Waals surface area (Å²) >= 11 is 3.28. The first-order valence-electron chi connectivity index (χ1n) is 4.83. The smallest absolute Gasteiger partial charge is 0.136 e. The van der Waals surface area contributed by atoms with Crippen LogP contribution in [0.1, 0.15) is 24.8 Å². The summed E-state index contributed by atoms with van der Waals surface area (Å²) in [5.41, 5.74) is 6.34. The van der Waals surface area contributed by atoms with Crippen molar-refractivity contribution in [3.8, 4) is 5.75 Å². The summed E-state index contributed by atoms with van der Waals surface area (Å²) in [7, 11) is 1.58. The molecule has 0 aliphatic rings. The van der Waals surface area contributed by atoms with Crippen LogP contribution in [0.3, 0.4) is 0 Å². The normalized spacial score (nSPS) is 12.6.